The molecule has 0 saturated heterocycles. The highest BCUT2D eigenvalue weighted by molar-refractivity contribution is 7.14. The van der Waals surface area contributed by atoms with Crippen LogP contribution in [0.25, 0.3) is 0 Å². The second kappa shape index (κ2) is 4.33. The quantitative estimate of drug-likeness (QED) is 0.874. The van der Waals surface area contributed by atoms with E-state index in [1.54, 1.807) is 11.3 Å². The van der Waals surface area contributed by atoms with E-state index in [0.717, 1.165) is 10.8 Å². The lowest BCUT2D eigenvalue weighted by atomic mass is 10.3. The minimum absolute atomic E-state index is 0.342. The summed E-state index contributed by atoms with van der Waals surface area (Å²) in [5, 5.41) is 6.48. The van der Waals surface area contributed by atoms with Gasteiger partial charge in [-0.2, -0.15) is 0 Å². The molecule has 0 aliphatic rings. The second-order valence-electron chi connectivity index (χ2n) is 3.61. The molecule has 1 unspecified atom stereocenters. The molecule has 2 heterocycles. The maximum atomic E-state index is 4.40. The molecular formula is C11H14N2S2. The Bertz CT molecular complexity index is 445. The molecule has 2 nitrogen and oxygen atoms in total. The van der Waals surface area contributed by atoms with E-state index in [9.17, 15) is 0 Å². The van der Waals surface area contributed by atoms with Gasteiger partial charge in [0, 0.05) is 15.1 Å². The van der Waals surface area contributed by atoms with Gasteiger partial charge < -0.3 is 5.32 Å². The Labute approximate surface area is 98.0 Å². The summed E-state index contributed by atoms with van der Waals surface area (Å²) < 4.78 is 0. The molecule has 0 aliphatic heterocycles. The number of thiazole rings is 1. The maximum absolute atomic E-state index is 4.40. The Morgan fingerprint density at radius 1 is 1.33 bits per heavy atom. The molecule has 0 saturated carbocycles. The lowest BCUT2D eigenvalue weighted by molar-refractivity contribution is 0.903. The maximum Gasteiger partial charge on any atom is 0.183 e. The molecular weight excluding hydrogens is 224 g/mol. The molecule has 1 atom stereocenters. The number of nitrogens with one attached hydrogen (secondary N) is 1. The van der Waals surface area contributed by atoms with Crippen LogP contribution in [0.15, 0.2) is 17.5 Å². The molecule has 0 amide bonds. The van der Waals surface area contributed by atoms with E-state index in [2.05, 4.69) is 41.7 Å². The normalized spacial score (nSPS) is 12.7. The van der Waals surface area contributed by atoms with E-state index in [1.807, 2.05) is 18.3 Å². The first-order valence-electron chi connectivity index (χ1n) is 4.90. The van der Waals surface area contributed by atoms with Crippen LogP contribution in [0.5, 0.6) is 0 Å². The SMILES string of the molecule is Cc1csc(NC(C)c2ccc(C)s2)n1. The van der Waals surface area contributed by atoms with Crippen molar-refractivity contribution in [3.8, 4) is 0 Å². The molecule has 0 bridgehead atoms. The van der Waals surface area contributed by atoms with Crippen LogP contribution in [0.2, 0.25) is 0 Å². The predicted octanol–water partition coefficient (Wildman–Crippen LogP) is 3.99. The van der Waals surface area contributed by atoms with Gasteiger partial charge >= 0.3 is 0 Å². The predicted molar refractivity (Wildman–Crippen MR) is 67.9 cm³/mol. The number of hydrogen-bond donors (Lipinski definition) is 1. The van der Waals surface area contributed by atoms with Crippen LogP contribution in [0.4, 0.5) is 5.13 Å². The van der Waals surface area contributed by atoms with Gasteiger partial charge in [0.05, 0.1) is 11.7 Å². The standard InChI is InChI=1S/C11H14N2S2/c1-7-6-14-11(12-7)13-9(3)10-5-4-8(2)15-10/h4-6,9H,1-3H3,(H,12,13). The van der Waals surface area contributed by atoms with Crippen molar-refractivity contribution in [2.24, 2.45) is 0 Å². The number of thiophene rings is 1. The van der Waals surface area contributed by atoms with Gasteiger partial charge in [-0.05, 0) is 32.9 Å². The Morgan fingerprint density at radius 2 is 2.13 bits per heavy atom. The highest BCUT2D eigenvalue weighted by atomic mass is 32.1. The summed E-state index contributed by atoms with van der Waals surface area (Å²) in [4.78, 5) is 7.11. The van der Waals surface area contributed by atoms with Gasteiger partial charge in [-0.3, -0.25) is 0 Å². The number of aryl methyl sites for hydroxylation is 2. The topological polar surface area (TPSA) is 24.9 Å². The van der Waals surface area contributed by atoms with Crippen molar-refractivity contribution in [1.82, 2.24) is 4.98 Å². The molecule has 80 valence electrons. The van der Waals surface area contributed by atoms with Crippen LogP contribution in [-0.4, -0.2) is 4.98 Å². The van der Waals surface area contributed by atoms with Crippen molar-refractivity contribution in [3.05, 3.63) is 33.0 Å². The van der Waals surface area contributed by atoms with Gasteiger partial charge in [-0.15, -0.1) is 22.7 Å². The van der Waals surface area contributed by atoms with Gasteiger partial charge in [0.15, 0.2) is 5.13 Å². The average molecular weight is 238 g/mol. The number of hydrogen-bond acceptors (Lipinski definition) is 4. The summed E-state index contributed by atoms with van der Waals surface area (Å²) in [6.07, 6.45) is 0. The van der Waals surface area contributed by atoms with Gasteiger partial charge in [0.25, 0.3) is 0 Å². The fourth-order valence-electron chi connectivity index (χ4n) is 1.36. The Kier molecular flexibility index (Phi) is 3.07. The van der Waals surface area contributed by atoms with Crippen LogP contribution in [0, 0.1) is 13.8 Å². The van der Waals surface area contributed by atoms with Crippen LogP contribution in [0.1, 0.15) is 28.4 Å². The molecule has 0 aliphatic carbocycles. The first-order valence-corrected chi connectivity index (χ1v) is 6.60. The van der Waals surface area contributed by atoms with Crippen molar-refractivity contribution in [2.75, 3.05) is 5.32 Å². The lowest BCUT2D eigenvalue weighted by Crippen LogP contribution is -2.04. The van der Waals surface area contributed by atoms with Crippen molar-refractivity contribution < 1.29 is 0 Å². The van der Waals surface area contributed by atoms with E-state index >= 15 is 0 Å². The molecule has 2 aromatic rings. The summed E-state index contributed by atoms with van der Waals surface area (Å²) >= 11 is 3.50. The van der Waals surface area contributed by atoms with Crippen molar-refractivity contribution >= 4 is 27.8 Å². The Morgan fingerprint density at radius 3 is 2.67 bits per heavy atom. The zero-order valence-electron chi connectivity index (χ0n) is 9.07. The molecule has 15 heavy (non-hydrogen) atoms. The number of nitrogens with zero attached hydrogens (tertiary/aromatic N) is 1. The fraction of sp³-hybridized carbons (Fsp3) is 0.364. The Balaban J connectivity index is 2.06. The van der Waals surface area contributed by atoms with E-state index < -0.39 is 0 Å². The summed E-state index contributed by atoms with van der Waals surface area (Å²) in [7, 11) is 0. The highest BCUT2D eigenvalue weighted by Gasteiger charge is 2.08. The monoisotopic (exact) mass is 238 g/mol. The van der Waals surface area contributed by atoms with Crippen molar-refractivity contribution in [2.45, 2.75) is 26.8 Å². The van der Waals surface area contributed by atoms with Crippen LogP contribution in [0.3, 0.4) is 0 Å². The molecule has 0 fully saturated rings. The third-order valence-electron chi connectivity index (χ3n) is 2.15. The lowest BCUT2D eigenvalue weighted by Gasteiger charge is -2.10. The van der Waals surface area contributed by atoms with E-state index in [0.29, 0.717) is 6.04 Å². The van der Waals surface area contributed by atoms with Gasteiger partial charge in [0.2, 0.25) is 0 Å². The number of rotatable bonds is 3. The number of aromatic nitrogens is 1. The zero-order chi connectivity index (χ0) is 10.8. The fourth-order valence-corrected chi connectivity index (χ4v) is 3.02. The summed E-state index contributed by atoms with van der Waals surface area (Å²) in [5.74, 6) is 0. The molecule has 2 rings (SSSR count). The summed E-state index contributed by atoms with van der Waals surface area (Å²) in [5.41, 5.74) is 1.08. The minimum Gasteiger partial charge on any atom is -0.354 e. The van der Waals surface area contributed by atoms with Gasteiger partial charge in [0.1, 0.15) is 0 Å². The first-order chi connectivity index (χ1) is 7.15. The molecule has 2 aromatic heterocycles. The molecule has 0 aromatic carbocycles. The number of anilines is 1. The van der Waals surface area contributed by atoms with Crippen LogP contribution >= 0.6 is 22.7 Å². The first kappa shape index (κ1) is 10.6. The molecule has 0 spiro atoms. The highest BCUT2D eigenvalue weighted by Crippen LogP contribution is 2.26. The molecule has 4 heteroatoms. The Hall–Kier alpha value is -0.870. The largest absolute Gasteiger partial charge is 0.354 e. The zero-order valence-corrected chi connectivity index (χ0v) is 10.7. The van der Waals surface area contributed by atoms with E-state index in [1.165, 1.54) is 9.75 Å². The smallest absolute Gasteiger partial charge is 0.183 e. The summed E-state index contributed by atoms with van der Waals surface area (Å²) in [6, 6.07) is 4.68. The molecule has 0 radical (unpaired) electrons. The molecule has 1 N–H and O–H groups in total. The second-order valence-corrected chi connectivity index (χ2v) is 5.79. The van der Waals surface area contributed by atoms with Gasteiger partial charge in [-0.1, -0.05) is 0 Å². The van der Waals surface area contributed by atoms with Crippen molar-refractivity contribution in [3.63, 3.8) is 0 Å². The summed E-state index contributed by atoms with van der Waals surface area (Å²) in [6.45, 7) is 6.32. The van der Waals surface area contributed by atoms with E-state index in [-0.39, 0.29) is 0 Å². The van der Waals surface area contributed by atoms with Crippen molar-refractivity contribution in [1.29, 1.82) is 0 Å². The van der Waals surface area contributed by atoms with E-state index in [4.69, 9.17) is 0 Å². The van der Waals surface area contributed by atoms with Gasteiger partial charge in [-0.25, -0.2) is 4.98 Å². The van der Waals surface area contributed by atoms with Crippen LogP contribution < -0.4 is 5.32 Å². The van der Waals surface area contributed by atoms with Crippen LogP contribution in [-0.2, 0) is 0 Å². The minimum atomic E-state index is 0.342. The third-order valence-corrected chi connectivity index (χ3v) is 4.22. The third kappa shape index (κ3) is 2.58. The average Bonchev–Trinajstić information content (AvgIpc) is 2.75.